The molecule has 0 aromatic rings. The van der Waals surface area contributed by atoms with Gasteiger partial charge in [-0.15, -0.1) is 0 Å². The van der Waals surface area contributed by atoms with Crippen LogP contribution in [0.2, 0.25) is 0 Å². The van der Waals surface area contributed by atoms with E-state index in [0.29, 0.717) is 0 Å². The molecule has 8 heavy (non-hydrogen) atoms. The third kappa shape index (κ3) is 113. The number of phosphoric acid groups is 1. The molecular weight excluding hydrogens is 202 g/mol. The van der Waals surface area contributed by atoms with Crippen LogP contribution in [0.5, 0.6) is 0 Å². The molecule has 0 saturated carbocycles. The Morgan fingerprint density at radius 2 is 1.12 bits per heavy atom. The Bertz CT molecular complexity index is 62.2. The van der Waals surface area contributed by atoms with Crippen LogP contribution in [0.15, 0.2) is 0 Å². The van der Waals surface area contributed by atoms with Gasteiger partial charge >= 0.3 is 44.3 Å². The molecule has 0 spiro atoms. The number of hydrogen-bond donors (Lipinski definition) is 3. The van der Waals surface area contributed by atoms with Crippen molar-refractivity contribution >= 4 is 61.6 Å². The van der Waals surface area contributed by atoms with Crippen LogP contribution in [0, 0.1) is 0 Å². The summed E-state index contributed by atoms with van der Waals surface area (Å²) in [5, 5.41) is 0. The standard InChI is InChI=1S/Al.GeH4.Li.H3O4P.4H/c;;;1-5(2,3)4;;;;/h;1H4;;(H3,1,2,3,4);;;;. The van der Waals surface area contributed by atoms with Crippen LogP contribution in [0.1, 0.15) is 0 Å². The predicted octanol–water partition coefficient (Wildman–Crippen LogP) is -4.21. The molecule has 0 bridgehead atoms. The van der Waals surface area contributed by atoms with E-state index in [9.17, 15) is 0 Å². The molecule has 0 heterocycles. The molecule has 0 aliphatic heterocycles. The zero-order chi connectivity index (χ0) is 4.50. The molecule has 0 saturated heterocycles. The van der Waals surface area contributed by atoms with Crippen molar-refractivity contribution in [3.05, 3.63) is 0 Å². The van der Waals surface area contributed by atoms with E-state index in [-0.39, 0.29) is 53.8 Å². The van der Waals surface area contributed by atoms with E-state index in [2.05, 4.69) is 0 Å². The zero-order valence-electron chi connectivity index (χ0n) is 2.20. The molecule has 0 amide bonds. The van der Waals surface area contributed by atoms with Crippen molar-refractivity contribution in [2.24, 2.45) is 0 Å². The number of rotatable bonds is 0. The summed E-state index contributed by atoms with van der Waals surface area (Å²) in [6.07, 6.45) is 0. The molecule has 8 heteroatoms. The second-order valence-corrected chi connectivity index (χ2v) is 1.54. The summed E-state index contributed by atoms with van der Waals surface area (Å²) in [5.74, 6) is 0. The molecule has 0 aromatic carbocycles. The van der Waals surface area contributed by atoms with Gasteiger partial charge in [0.2, 0.25) is 0 Å². The summed E-state index contributed by atoms with van der Waals surface area (Å²) in [4.78, 5) is 21.6. The van der Waals surface area contributed by atoms with E-state index >= 15 is 0 Å². The fraction of sp³-hybridized carbons (Fsp3) is 0. The molecule has 3 N–H and O–H groups in total. The van der Waals surface area contributed by atoms with Gasteiger partial charge in [0, 0.05) is 0 Å². The quantitative estimate of drug-likeness (QED) is 0.281. The van der Waals surface area contributed by atoms with Gasteiger partial charge in [-0.3, -0.25) is 0 Å². The molecule has 0 fully saturated rings. The van der Waals surface area contributed by atoms with Crippen molar-refractivity contribution in [3.8, 4) is 0 Å². The molecule has 0 atom stereocenters. The normalized spacial score (nSPS) is 7.38. The molecule has 0 unspecified atom stereocenters. The first-order valence-electron chi connectivity index (χ1n) is 0.783. The van der Waals surface area contributed by atoms with Gasteiger partial charge in [-0.25, -0.2) is 4.57 Å². The average Bonchev–Trinajstić information content (AvgIpc) is 0.722. The zero-order valence-corrected chi connectivity index (χ0v) is 3.09. The summed E-state index contributed by atoms with van der Waals surface area (Å²) in [6, 6.07) is 0. The number of hydrogen-bond acceptors (Lipinski definition) is 1. The summed E-state index contributed by atoms with van der Waals surface area (Å²) in [5.41, 5.74) is 0. The topological polar surface area (TPSA) is 77.8 Å². The van der Waals surface area contributed by atoms with E-state index in [1.165, 1.54) is 0 Å². The van der Waals surface area contributed by atoms with Crippen molar-refractivity contribution in [1.82, 2.24) is 0 Å². The Labute approximate surface area is 80.6 Å². The Balaban J connectivity index is -0.0000000267. The van der Waals surface area contributed by atoms with E-state index in [4.69, 9.17) is 19.2 Å². The fourth-order valence-electron chi connectivity index (χ4n) is 0. The van der Waals surface area contributed by atoms with Crippen LogP contribution < -0.4 is 0 Å². The third-order valence-corrected chi connectivity index (χ3v) is 0. The van der Waals surface area contributed by atoms with Crippen LogP contribution in [-0.4, -0.2) is 68.5 Å². The van der Waals surface area contributed by atoms with Gasteiger partial charge in [-0.1, -0.05) is 0 Å². The maximum absolute atomic E-state index is 8.88. The van der Waals surface area contributed by atoms with Gasteiger partial charge in [0.1, 0.15) is 0 Å². The Morgan fingerprint density at radius 1 is 1.12 bits per heavy atom. The van der Waals surface area contributed by atoms with Gasteiger partial charge in [0.05, 0.1) is 0 Å². The summed E-state index contributed by atoms with van der Waals surface area (Å²) in [6.45, 7) is 0. The summed E-state index contributed by atoms with van der Waals surface area (Å²) >= 11 is 0. The van der Waals surface area contributed by atoms with E-state index in [1.54, 1.807) is 0 Å². The van der Waals surface area contributed by atoms with Gasteiger partial charge in [-0.05, 0) is 0 Å². The Morgan fingerprint density at radius 3 is 1.12 bits per heavy atom. The molecule has 0 rings (SSSR count). The first-order valence-corrected chi connectivity index (χ1v) is 2.35. The molecular formula is H11AlGeLiO4P. The second-order valence-electron chi connectivity index (χ2n) is 0.513. The van der Waals surface area contributed by atoms with Gasteiger partial charge < -0.3 is 14.7 Å². The van der Waals surface area contributed by atoms with Crippen LogP contribution >= 0.6 is 7.82 Å². The van der Waals surface area contributed by atoms with Crippen molar-refractivity contribution in [2.45, 2.75) is 0 Å². The summed E-state index contributed by atoms with van der Waals surface area (Å²) < 4.78 is 8.88. The van der Waals surface area contributed by atoms with Crippen LogP contribution in [0.25, 0.3) is 0 Å². The molecule has 0 aromatic heterocycles. The fourth-order valence-corrected chi connectivity index (χ4v) is 0. The summed E-state index contributed by atoms with van der Waals surface area (Å²) in [7, 11) is -4.64. The first-order chi connectivity index (χ1) is 2.00. The van der Waals surface area contributed by atoms with Crippen LogP contribution in [-0.2, 0) is 4.57 Å². The molecule has 0 radical (unpaired) electrons. The molecule has 48 valence electrons. The SMILES string of the molecule is O=P(O)(O)O.[AlH3].[GeH4].[LiH]. The van der Waals surface area contributed by atoms with Crippen LogP contribution in [0.4, 0.5) is 0 Å². The van der Waals surface area contributed by atoms with Crippen LogP contribution in [0.3, 0.4) is 0 Å². The van der Waals surface area contributed by atoms with Crippen molar-refractivity contribution in [2.75, 3.05) is 0 Å². The second kappa shape index (κ2) is 8.78. The molecule has 0 aliphatic rings. The van der Waals surface area contributed by atoms with Gasteiger partial charge in [0.15, 0.2) is 17.4 Å². The Hall–Kier alpha value is 1.78. The maximum atomic E-state index is 8.88. The first kappa shape index (κ1) is 22.6. The molecule has 4 nitrogen and oxygen atoms in total. The molecule has 0 aliphatic carbocycles. The third-order valence-electron chi connectivity index (χ3n) is 0. The van der Waals surface area contributed by atoms with Crippen molar-refractivity contribution < 1.29 is 19.2 Å². The van der Waals surface area contributed by atoms with Crippen molar-refractivity contribution in [3.63, 3.8) is 0 Å². The minimum atomic E-state index is -4.64. The van der Waals surface area contributed by atoms with E-state index in [1.807, 2.05) is 0 Å². The average molecular weight is 213 g/mol. The Kier molecular flexibility index (Phi) is 24.8. The predicted molar refractivity (Wildman–Crippen MR) is 42.7 cm³/mol. The monoisotopic (exact) mass is 214 g/mol. The van der Waals surface area contributed by atoms with E-state index in [0.717, 1.165) is 0 Å². The van der Waals surface area contributed by atoms with Gasteiger partial charge in [0.25, 0.3) is 0 Å². The van der Waals surface area contributed by atoms with Gasteiger partial charge in [-0.2, -0.15) is 0 Å². The van der Waals surface area contributed by atoms with Crippen molar-refractivity contribution in [1.29, 1.82) is 0 Å². The van der Waals surface area contributed by atoms with E-state index < -0.39 is 7.82 Å². The minimum absolute atomic E-state index is 0.